The number of rotatable bonds is 10. The fourth-order valence-corrected chi connectivity index (χ4v) is 3.14. The van der Waals surface area contributed by atoms with Crippen LogP contribution >= 0.6 is 11.6 Å². The zero-order valence-corrected chi connectivity index (χ0v) is 17.8. The van der Waals surface area contributed by atoms with Gasteiger partial charge in [-0.15, -0.1) is 0 Å². The molecule has 0 saturated carbocycles. The minimum Gasteiger partial charge on any atom is -0.493 e. The zero-order valence-electron chi connectivity index (χ0n) is 17.1. The van der Waals surface area contributed by atoms with Crippen LogP contribution in [0.1, 0.15) is 29.3 Å². The van der Waals surface area contributed by atoms with Gasteiger partial charge in [-0.2, -0.15) is 0 Å². The number of benzene rings is 2. The molecule has 0 fully saturated rings. The minimum absolute atomic E-state index is 0.168. The van der Waals surface area contributed by atoms with Gasteiger partial charge in [-0.25, -0.2) is 9.78 Å². The molecule has 7 heteroatoms. The third kappa shape index (κ3) is 6.00. The number of ether oxygens (including phenoxy) is 3. The molecule has 0 amide bonds. The van der Waals surface area contributed by atoms with Gasteiger partial charge in [-0.1, -0.05) is 31.0 Å². The van der Waals surface area contributed by atoms with Crippen molar-refractivity contribution in [2.45, 2.75) is 32.4 Å². The maximum atomic E-state index is 12.6. The van der Waals surface area contributed by atoms with Gasteiger partial charge in [-0.05, 0) is 48.4 Å². The Morgan fingerprint density at radius 1 is 1.17 bits per heavy atom. The Balaban J connectivity index is 1.71. The molecule has 0 saturated heterocycles. The molecule has 1 unspecified atom stereocenters. The molecule has 0 radical (unpaired) electrons. The molecule has 0 aliphatic carbocycles. The van der Waals surface area contributed by atoms with E-state index in [0.717, 1.165) is 12.8 Å². The molecule has 1 aromatic heterocycles. The summed E-state index contributed by atoms with van der Waals surface area (Å²) in [6.45, 7) is 2.71. The number of esters is 1. The molecule has 0 N–H and O–H groups in total. The predicted octanol–water partition coefficient (Wildman–Crippen LogP) is 4.80. The highest BCUT2D eigenvalue weighted by Gasteiger charge is 2.19. The average molecular weight is 429 g/mol. The van der Waals surface area contributed by atoms with E-state index < -0.39 is 12.1 Å². The second-order valence-electron chi connectivity index (χ2n) is 6.84. The maximum absolute atomic E-state index is 12.6. The predicted molar refractivity (Wildman–Crippen MR) is 115 cm³/mol. The van der Waals surface area contributed by atoms with Crippen molar-refractivity contribution in [1.82, 2.24) is 9.55 Å². The van der Waals surface area contributed by atoms with Crippen LogP contribution in [0, 0.1) is 0 Å². The van der Waals surface area contributed by atoms with Crippen molar-refractivity contribution in [2.75, 3.05) is 13.7 Å². The standard InChI is InChI=1S/C23H25ClN2O4/c1-3-4-17-5-10-21(22(13-17)28-2)29-15-20(14-26-12-11-25-16-26)30-23(27)18-6-8-19(24)9-7-18/h5-13,16,20H,3-4,14-15H2,1-2H3. The Morgan fingerprint density at radius 2 is 1.97 bits per heavy atom. The van der Waals surface area contributed by atoms with E-state index in [-0.39, 0.29) is 6.61 Å². The van der Waals surface area contributed by atoms with Gasteiger partial charge in [0, 0.05) is 17.4 Å². The van der Waals surface area contributed by atoms with Crippen LogP contribution in [0.3, 0.4) is 0 Å². The molecule has 0 bridgehead atoms. The summed E-state index contributed by atoms with van der Waals surface area (Å²) in [7, 11) is 1.61. The van der Waals surface area contributed by atoms with Crippen LogP contribution in [0.2, 0.25) is 5.02 Å². The molecule has 6 nitrogen and oxygen atoms in total. The van der Waals surface area contributed by atoms with Crippen molar-refractivity contribution < 1.29 is 19.0 Å². The number of carbonyl (C=O) groups excluding carboxylic acids is 1. The van der Waals surface area contributed by atoms with Crippen LogP contribution < -0.4 is 9.47 Å². The van der Waals surface area contributed by atoms with E-state index in [0.29, 0.717) is 28.6 Å². The van der Waals surface area contributed by atoms with Crippen molar-refractivity contribution in [3.05, 3.63) is 77.3 Å². The highest BCUT2D eigenvalue weighted by molar-refractivity contribution is 6.30. The van der Waals surface area contributed by atoms with Gasteiger partial charge in [0.05, 0.1) is 25.5 Å². The SMILES string of the molecule is CCCc1ccc(OCC(Cn2ccnc2)OC(=O)c2ccc(Cl)cc2)c(OC)c1. The summed E-state index contributed by atoms with van der Waals surface area (Å²) in [6.07, 6.45) is 6.65. The lowest BCUT2D eigenvalue weighted by Gasteiger charge is -2.20. The van der Waals surface area contributed by atoms with Crippen LogP contribution in [0.25, 0.3) is 0 Å². The Hall–Kier alpha value is -2.99. The monoisotopic (exact) mass is 428 g/mol. The zero-order chi connectivity index (χ0) is 21.3. The number of carbonyl (C=O) groups is 1. The molecule has 30 heavy (non-hydrogen) atoms. The molecule has 2 aromatic carbocycles. The van der Waals surface area contributed by atoms with E-state index in [9.17, 15) is 4.79 Å². The Morgan fingerprint density at radius 3 is 2.63 bits per heavy atom. The lowest BCUT2D eigenvalue weighted by Crippen LogP contribution is -2.29. The first-order chi connectivity index (χ1) is 14.6. The first-order valence-electron chi connectivity index (χ1n) is 9.81. The van der Waals surface area contributed by atoms with Crippen molar-refractivity contribution in [2.24, 2.45) is 0 Å². The molecule has 3 rings (SSSR count). The fraction of sp³-hybridized carbons (Fsp3) is 0.304. The largest absolute Gasteiger partial charge is 0.493 e. The van der Waals surface area contributed by atoms with Gasteiger partial charge < -0.3 is 18.8 Å². The molecule has 1 heterocycles. The normalized spacial score (nSPS) is 11.7. The third-order valence-electron chi connectivity index (χ3n) is 4.52. The molecule has 1 atom stereocenters. The quantitative estimate of drug-likeness (QED) is 0.434. The van der Waals surface area contributed by atoms with Crippen LogP contribution in [0.15, 0.2) is 61.2 Å². The highest BCUT2D eigenvalue weighted by atomic mass is 35.5. The highest BCUT2D eigenvalue weighted by Crippen LogP contribution is 2.29. The second kappa shape index (κ2) is 10.7. The molecule has 3 aromatic rings. The number of hydrogen-bond acceptors (Lipinski definition) is 5. The summed E-state index contributed by atoms with van der Waals surface area (Å²) in [5.74, 6) is 0.826. The van der Waals surface area contributed by atoms with E-state index in [1.807, 2.05) is 29.0 Å². The van der Waals surface area contributed by atoms with E-state index in [2.05, 4.69) is 11.9 Å². The first kappa shape index (κ1) is 21.7. The van der Waals surface area contributed by atoms with Gasteiger partial charge in [0.1, 0.15) is 6.61 Å². The number of halogens is 1. The van der Waals surface area contributed by atoms with Gasteiger partial charge in [0.25, 0.3) is 0 Å². The van der Waals surface area contributed by atoms with Crippen molar-refractivity contribution >= 4 is 17.6 Å². The van der Waals surface area contributed by atoms with E-state index in [1.165, 1.54) is 5.56 Å². The number of imidazole rings is 1. The van der Waals surface area contributed by atoms with E-state index >= 15 is 0 Å². The summed E-state index contributed by atoms with van der Waals surface area (Å²) >= 11 is 5.90. The van der Waals surface area contributed by atoms with Crippen LogP contribution in [-0.2, 0) is 17.7 Å². The van der Waals surface area contributed by atoms with Crippen LogP contribution in [0.5, 0.6) is 11.5 Å². The summed E-state index contributed by atoms with van der Waals surface area (Å²) < 4.78 is 19.0. The average Bonchev–Trinajstić information content (AvgIpc) is 3.26. The number of hydrogen-bond donors (Lipinski definition) is 0. The van der Waals surface area contributed by atoms with Crippen LogP contribution in [-0.4, -0.2) is 35.3 Å². The Labute approximate surface area is 181 Å². The fourth-order valence-electron chi connectivity index (χ4n) is 3.02. The summed E-state index contributed by atoms with van der Waals surface area (Å²) in [4.78, 5) is 16.6. The van der Waals surface area contributed by atoms with Crippen molar-refractivity contribution in [1.29, 1.82) is 0 Å². The molecular formula is C23H25ClN2O4. The summed E-state index contributed by atoms with van der Waals surface area (Å²) in [5, 5.41) is 0.559. The van der Waals surface area contributed by atoms with Gasteiger partial charge in [0.2, 0.25) is 0 Å². The van der Waals surface area contributed by atoms with Crippen molar-refractivity contribution in [3.8, 4) is 11.5 Å². The van der Waals surface area contributed by atoms with Crippen LogP contribution in [0.4, 0.5) is 0 Å². The summed E-state index contributed by atoms with van der Waals surface area (Å²) in [6, 6.07) is 12.5. The molecule has 0 aliphatic heterocycles. The molecule has 0 spiro atoms. The maximum Gasteiger partial charge on any atom is 0.338 e. The number of aromatic nitrogens is 2. The summed E-state index contributed by atoms with van der Waals surface area (Å²) in [5.41, 5.74) is 1.61. The van der Waals surface area contributed by atoms with Gasteiger partial charge >= 0.3 is 5.97 Å². The number of methoxy groups -OCH3 is 1. The first-order valence-corrected chi connectivity index (χ1v) is 10.2. The third-order valence-corrected chi connectivity index (χ3v) is 4.77. The lowest BCUT2D eigenvalue weighted by molar-refractivity contribution is 0.0122. The lowest BCUT2D eigenvalue weighted by atomic mass is 10.1. The molecular weight excluding hydrogens is 404 g/mol. The molecule has 0 aliphatic rings. The topological polar surface area (TPSA) is 62.6 Å². The Bertz CT molecular complexity index is 942. The number of aryl methyl sites for hydroxylation is 1. The smallest absolute Gasteiger partial charge is 0.338 e. The van der Waals surface area contributed by atoms with Gasteiger partial charge in [-0.3, -0.25) is 0 Å². The van der Waals surface area contributed by atoms with Crippen molar-refractivity contribution in [3.63, 3.8) is 0 Å². The van der Waals surface area contributed by atoms with E-state index in [4.69, 9.17) is 25.8 Å². The minimum atomic E-state index is -0.526. The number of nitrogens with zero attached hydrogens (tertiary/aromatic N) is 2. The van der Waals surface area contributed by atoms with Gasteiger partial charge in [0.15, 0.2) is 17.6 Å². The Kier molecular flexibility index (Phi) is 7.74. The second-order valence-corrected chi connectivity index (χ2v) is 7.28. The molecule has 158 valence electrons. The van der Waals surface area contributed by atoms with E-state index in [1.54, 1.807) is 43.9 Å².